The third kappa shape index (κ3) is 4.82. The van der Waals surface area contributed by atoms with Gasteiger partial charge in [0.15, 0.2) is 0 Å². The molecule has 1 atom stereocenters. The number of hydrogen-bond donors (Lipinski definition) is 2. The van der Waals surface area contributed by atoms with E-state index in [1.807, 2.05) is 7.05 Å². The number of amides is 1. The molecule has 8 nitrogen and oxygen atoms in total. The fourth-order valence-electron chi connectivity index (χ4n) is 3.77. The summed E-state index contributed by atoms with van der Waals surface area (Å²) in [6, 6.07) is 7.11. The van der Waals surface area contributed by atoms with E-state index >= 15 is 0 Å². The summed E-state index contributed by atoms with van der Waals surface area (Å²) in [4.78, 5) is 18.7. The molecule has 1 unspecified atom stereocenters. The summed E-state index contributed by atoms with van der Waals surface area (Å²) in [6.45, 7) is 1.62. The number of aromatic nitrogens is 4. The minimum Gasteiger partial charge on any atom is -0.392 e. The van der Waals surface area contributed by atoms with Gasteiger partial charge in [-0.25, -0.2) is 4.98 Å². The lowest BCUT2D eigenvalue weighted by Gasteiger charge is -2.18. The zero-order chi connectivity index (χ0) is 23.8. The van der Waals surface area contributed by atoms with Crippen LogP contribution >= 0.6 is 0 Å². The lowest BCUT2D eigenvalue weighted by atomic mass is 10.0. The van der Waals surface area contributed by atoms with Gasteiger partial charge in [-0.1, -0.05) is 6.07 Å². The van der Waals surface area contributed by atoms with Gasteiger partial charge in [-0.2, -0.15) is 13.2 Å². The summed E-state index contributed by atoms with van der Waals surface area (Å²) in [6.07, 6.45) is -2.47. The Balaban J connectivity index is 1.66. The lowest BCUT2D eigenvalue weighted by molar-refractivity contribution is -0.138. The molecule has 0 spiro atoms. The Morgan fingerprint density at radius 1 is 1.24 bits per heavy atom. The van der Waals surface area contributed by atoms with E-state index in [9.17, 15) is 23.1 Å². The molecule has 3 aromatic rings. The van der Waals surface area contributed by atoms with Crippen molar-refractivity contribution in [3.63, 3.8) is 0 Å². The highest BCUT2D eigenvalue weighted by Gasteiger charge is 2.40. The largest absolute Gasteiger partial charge is 0.416 e. The number of alkyl halides is 3. The van der Waals surface area contributed by atoms with Gasteiger partial charge in [-0.05, 0) is 48.7 Å². The zero-order valence-electron chi connectivity index (χ0n) is 18.1. The van der Waals surface area contributed by atoms with Crippen molar-refractivity contribution in [2.24, 2.45) is 7.05 Å². The second-order valence-electron chi connectivity index (χ2n) is 8.03. The van der Waals surface area contributed by atoms with Crippen LogP contribution in [0.4, 0.5) is 24.8 Å². The Kier molecular flexibility index (Phi) is 6.07. The van der Waals surface area contributed by atoms with Crippen molar-refractivity contribution >= 4 is 17.5 Å². The third-order valence-corrected chi connectivity index (χ3v) is 5.44. The third-order valence-electron chi connectivity index (χ3n) is 5.44. The van der Waals surface area contributed by atoms with Gasteiger partial charge in [0.05, 0.1) is 18.2 Å². The molecule has 0 saturated carbocycles. The van der Waals surface area contributed by atoms with E-state index in [0.717, 1.165) is 17.5 Å². The van der Waals surface area contributed by atoms with Crippen molar-refractivity contribution in [1.29, 1.82) is 0 Å². The number of aryl methyl sites for hydroxylation is 3. The van der Waals surface area contributed by atoms with E-state index in [-0.39, 0.29) is 30.0 Å². The van der Waals surface area contributed by atoms with Crippen LogP contribution in [-0.4, -0.2) is 43.4 Å². The standard InChI is InChI=1S/C22H23F3N6O2/c1-13(32)10-26-18-8-14(6-7-19-29-27-12-30(19)2)9-20(28-18)31-11-16-15(21(31)33)4-3-5-17(16)22(23,24)25/h3-5,8-9,12-13,32H,6-7,10-11H2,1-2H3,(H,26,28). The molecule has 1 aromatic carbocycles. The molecule has 11 heteroatoms. The molecule has 0 saturated heterocycles. The number of anilines is 2. The highest BCUT2D eigenvalue weighted by Crippen LogP contribution is 2.38. The van der Waals surface area contributed by atoms with Crippen LogP contribution < -0.4 is 10.2 Å². The Hall–Kier alpha value is -3.47. The van der Waals surface area contributed by atoms with Crippen LogP contribution in [0.25, 0.3) is 0 Å². The van der Waals surface area contributed by atoms with E-state index in [2.05, 4.69) is 20.5 Å². The number of halogens is 3. The molecular weight excluding hydrogens is 437 g/mol. The molecule has 4 rings (SSSR count). The number of fused-ring (bicyclic) bond motifs is 1. The number of benzene rings is 1. The highest BCUT2D eigenvalue weighted by molar-refractivity contribution is 6.10. The number of nitrogens with one attached hydrogen (secondary N) is 1. The van der Waals surface area contributed by atoms with Gasteiger partial charge in [0.1, 0.15) is 23.8 Å². The maximum absolute atomic E-state index is 13.5. The number of carbonyl (C=O) groups excluding carboxylic acids is 1. The molecular formula is C22H23F3N6O2. The highest BCUT2D eigenvalue weighted by atomic mass is 19.4. The molecule has 0 radical (unpaired) electrons. The van der Waals surface area contributed by atoms with Crippen LogP contribution in [0.2, 0.25) is 0 Å². The first-order valence-corrected chi connectivity index (χ1v) is 10.4. The van der Waals surface area contributed by atoms with Gasteiger partial charge in [0, 0.05) is 25.6 Å². The van der Waals surface area contributed by atoms with Crippen molar-refractivity contribution in [2.45, 2.75) is 38.6 Å². The summed E-state index contributed by atoms with van der Waals surface area (Å²) < 4.78 is 42.2. The van der Waals surface area contributed by atoms with Crippen LogP contribution in [0.5, 0.6) is 0 Å². The molecule has 3 heterocycles. The van der Waals surface area contributed by atoms with Crippen molar-refractivity contribution in [3.05, 3.63) is 64.7 Å². The molecule has 2 N–H and O–H groups in total. The normalized spacial score (nSPS) is 14.5. The Morgan fingerprint density at radius 2 is 2.03 bits per heavy atom. The summed E-state index contributed by atoms with van der Waals surface area (Å²) in [5.41, 5.74) is -0.0352. The molecule has 2 aromatic heterocycles. The fourth-order valence-corrected chi connectivity index (χ4v) is 3.77. The van der Waals surface area contributed by atoms with Gasteiger partial charge < -0.3 is 15.0 Å². The average Bonchev–Trinajstić information content (AvgIpc) is 3.32. The fraction of sp³-hybridized carbons (Fsp3) is 0.364. The molecule has 1 amide bonds. The van der Waals surface area contributed by atoms with Crippen LogP contribution in [0.15, 0.2) is 36.7 Å². The number of hydrogen-bond acceptors (Lipinski definition) is 6. The van der Waals surface area contributed by atoms with Gasteiger partial charge in [0.2, 0.25) is 0 Å². The van der Waals surface area contributed by atoms with Crippen molar-refractivity contribution in [1.82, 2.24) is 19.7 Å². The number of pyridine rings is 1. The summed E-state index contributed by atoms with van der Waals surface area (Å²) in [5.74, 6) is 0.899. The molecule has 1 aliphatic heterocycles. The first kappa shape index (κ1) is 22.7. The van der Waals surface area contributed by atoms with E-state index in [1.165, 1.54) is 17.0 Å². The predicted molar refractivity (Wildman–Crippen MR) is 115 cm³/mol. The number of carbonyl (C=O) groups is 1. The predicted octanol–water partition coefficient (Wildman–Crippen LogP) is 2.97. The molecule has 174 valence electrons. The molecule has 0 bridgehead atoms. The Labute approximate surface area is 188 Å². The number of aliphatic hydroxyl groups is 1. The molecule has 0 fully saturated rings. The van der Waals surface area contributed by atoms with Gasteiger partial charge >= 0.3 is 6.18 Å². The number of nitrogens with zero attached hydrogens (tertiary/aromatic N) is 5. The average molecular weight is 460 g/mol. The van der Waals surface area contributed by atoms with Crippen molar-refractivity contribution < 1.29 is 23.1 Å². The van der Waals surface area contributed by atoms with E-state index in [1.54, 1.807) is 30.0 Å². The monoisotopic (exact) mass is 460 g/mol. The second-order valence-corrected chi connectivity index (χ2v) is 8.03. The lowest BCUT2D eigenvalue weighted by Crippen LogP contribution is -2.25. The Morgan fingerprint density at radius 3 is 2.70 bits per heavy atom. The maximum atomic E-state index is 13.5. The van der Waals surface area contributed by atoms with Crippen LogP contribution in [0, 0.1) is 0 Å². The van der Waals surface area contributed by atoms with Crippen LogP contribution in [0.1, 0.15) is 39.8 Å². The molecule has 1 aliphatic rings. The second kappa shape index (κ2) is 8.81. The number of rotatable bonds is 7. The van der Waals surface area contributed by atoms with Crippen molar-refractivity contribution in [2.75, 3.05) is 16.8 Å². The topological polar surface area (TPSA) is 96.2 Å². The molecule has 0 aliphatic carbocycles. The van der Waals surface area contributed by atoms with E-state index in [4.69, 9.17) is 0 Å². The van der Waals surface area contributed by atoms with Gasteiger partial charge in [-0.15, -0.1) is 10.2 Å². The summed E-state index contributed by atoms with van der Waals surface area (Å²) >= 11 is 0. The smallest absolute Gasteiger partial charge is 0.392 e. The van der Waals surface area contributed by atoms with Crippen LogP contribution in [0.3, 0.4) is 0 Å². The summed E-state index contributed by atoms with van der Waals surface area (Å²) in [7, 11) is 1.83. The molecule has 33 heavy (non-hydrogen) atoms. The minimum atomic E-state index is -4.56. The van der Waals surface area contributed by atoms with E-state index < -0.39 is 23.8 Å². The van der Waals surface area contributed by atoms with Crippen LogP contribution in [-0.2, 0) is 32.6 Å². The number of aliphatic hydroxyl groups excluding tert-OH is 1. The van der Waals surface area contributed by atoms with E-state index in [0.29, 0.717) is 18.7 Å². The zero-order valence-corrected chi connectivity index (χ0v) is 18.1. The van der Waals surface area contributed by atoms with Gasteiger partial charge in [-0.3, -0.25) is 9.69 Å². The first-order chi connectivity index (χ1) is 15.6. The van der Waals surface area contributed by atoms with Gasteiger partial charge in [0.25, 0.3) is 5.91 Å². The minimum absolute atomic E-state index is 0.0228. The SMILES string of the molecule is CC(O)CNc1cc(CCc2nncn2C)cc(N2Cc3c(cccc3C(F)(F)F)C2=O)n1. The van der Waals surface area contributed by atoms with Crippen molar-refractivity contribution in [3.8, 4) is 0 Å². The maximum Gasteiger partial charge on any atom is 0.416 e. The first-order valence-electron chi connectivity index (χ1n) is 10.4. The Bertz CT molecular complexity index is 1180. The summed E-state index contributed by atoms with van der Waals surface area (Å²) in [5, 5.41) is 20.5. The quantitative estimate of drug-likeness (QED) is 0.563.